The van der Waals surface area contributed by atoms with Crippen LogP contribution in [-0.4, -0.2) is 241 Å². The van der Waals surface area contributed by atoms with Crippen LogP contribution in [-0.2, 0) is 47.8 Å². The van der Waals surface area contributed by atoms with Crippen molar-refractivity contribution in [1.82, 2.24) is 51.5 Å². The summed E-state index contributed by atoms with van der Waals surface area (Å²) in [5, 5.41) is 33.2. The number of rotatable bonds is 29. The van der Waals surface area contributed by atoms with E-state index in [0.29, 0.717) is 0 Å². The fourth-order valence-electron chi connectivity index (χ4n) is 5.70. The third-order valence-corrected chi connectivity index (χ3v) is 12.9. The molecule has 0 radical (unpaired) electrons. The Hall–Kier alpha value is -4.38. The first-order valence-corrected chi connectivity index (χ1v) is 26.3. The van der Waals surface area contributed by atoms with E-state index in [9.17, 15) is 47.9 Å². The van der Waals surface area contributed by atoms with Gasteiger partial charge < -0.3 is 71.2 Å². The van der Waals surface area contributed by atoms with Gasteiger partial charge in [-0.1, -0.05) is 21.6 Å². The van der Waals surface area contributed by atoms with Gasteiger partial charge in [0.25, 0.3) is 0 Å². The maximum absolute atomic E-state index is 13.9. The Labute approximate surface area is 415 Å². The van der Waals surface area contributed by atoms with Crippen LogP contribution in [0.2, 0.25) is 0 Å². The molecule has 0 aromatic heterocycles. The molecule has 0 aromatic rings. The minimum atomic E-state index is -1.40. The number of carbonyl (C=O) groups is 10. The van der Waals surface area contributed by atoms with E-state index < -0.39 is 120 Å². The number of thioether (sulfide) groups is 2. The highest BCUT2D eigenvalue weighted by Gasteiger charge is 2.37. The predicted molar refractivity (Wildman–Crippen MR) is 263 cm³/mol. The molecule has 0 aliphatic heterocycles. The van der Waals surface area contributed by atoms with Crippen molar-refractivity contribution < 1.29 is 67.6 Å². The van der Waals surface area contributed by atoms with Crippen LogP contribution in [0, 0.1) is 0 Å². The molecular formula is C40H72N10O14S4. The summed E-state index contributed by atoms with van der Waals surface area (Å²) in [4.78, 5) is 134. The molecule has 28 heteroatoms. The Balaban J connectivity index is 5.93. The number of nitrogens with one attached hydrogen (secondary N) is 6. The maximum atomic E-state index is 13.9. The quantitative estimate of drug-likeness (QED) is 0.0330. The zero-order valence-corrected chi connectivity index (χ0v) is 44.6. The molecule has 0 saturated carbocycles. The number of carboxylic acid groups (broad SMARTS) is 2. The lowest BCUT2D eigenvalue weighted by Gasteiger charge is -2.34. The second-order valence-electron chi connectivity index (χ2n) is 17.2. The molecular weight excluding hydrogens is 973 g/mol. The SMILES string of the molecule is CN[C@@H](CSSC[C@H](NC)C(=O)N(C)[C@@H](CSC)C(=O)N(C)C[C@@H](NC(=O)OC(C)(C)C)C(=O)NCC(=O)O)C(=O)N(C)[C@@H](CSC)C(=O)N(C)C[C@@H](NC(=O)OC(C)(C)C)C(=O)NCC(=O)O. The summed E-state index contributed by atoms with van der Waals surface area (Å²) in [6.45, 7) is 7.44. The molecule has 0 heterocycles. The molecule has 6 atom stereocenters. The van der Waals surface area contributed by atoms with Gasteiger partial charge in [0, 0.05) is 64.3 Å². The van der Waals surface area contributed by atoms with E-state index in [0.717, 1.165) is 9.80 Å². The van der Waals surface area contributed by atoms with Crippen LogP contribution in [0.25, 0.3) is 0 Å². The summed E-state index contributed by atoms with van der Waals surface area (Å²) in [6, 6.07) is -6.43. The Bertz CT molecular complexity index is 1620. The van der Waals surface area contributed by atoms with E-state index in [4.69, 9.17) is 19.7 Å². The number of likely N-dealkylation sites (N-methyl/N-ethyl adjacent to an activating group) is 6. The molecule has 0 unspecified atom stereocenters. The summed E-state index contributed by atoms with van der Waals surface area (Å²) < 4.78 is 10.5. The van der Waals surface area contributed by atoms with E-state index in [1.54, 1.807) is 68.1 Å². The van der Waals surface area contributed by atoms with Gasteiger partial charge in [0.1, 0.15) is 48.5 Å². The van der Waals surface area contributed by atoms with Gasteiger partial charge in [-0.2, -0.15) is 23.5 Å². The van der Waals surface area contributed by atoms with Crippen LogP contribution >= 0.6 is 45.1 Å². The molecule has 0 fully saturated rings. The lowest BCUT2D eigenvalue weighted by atomic mass is 10.2. The van der Waals surface area contributed by atoms with Gasteiger partial charge in [0.15, 0.2) is 0 Å². The number of hydrogen-bond donors (Lipinski definition) is 8. The summed E-state index contributed by atoms with van der Waals surface area (Å²) in [6.07, 6.45) is 1.56. The number of hydrogen-bond acceptors (Lipinski definition) is 18. The summed E-state index contributed by atoms with van der Waals surface area (Å²) in [5.74, 6) is -5.65. The summed E-state index contributed by atoms with van der Waals surface area (Å²) >= 11 is 2.59. The molecule has 68 heavy (non-hydrogen) atoms. The normalized spacial score (nSPS) is 14.0. The zero-order valence-electron chi connectivity index (χ0n) is 41.3. The van der Waals surface area contributed by atoms with E-state index in [2.05, 4.69) is 31.9 Å². The molecule has 390 valence electrons. The Kier molecular flexibility index (Phi) is 29.0. The number of ether oxygens (including phenoxy) is 2. The van der Waals surface area contributed by atoms with Gasteiger partial charge in [0.2, 0.25) is 35.4 Å². The van der Waals surface area contributed by atoms with Crippen molar-refractivity contribution in [1.29, 1.82) is 0 Å². The molecule has 24 nitrogen and oxygen atoms in total. The third-order valence-electron chi connectivity index (χ3n) is 9.20. The second-order valence-corrected chi connectivity index (χ2v) is 21.5. The van der Waals surface area contributed by atoms with Gasteiger partial charge >= 0.3 is 24.1 Å². The van der Waals surface area contributed by atoms with E-state index in [1.165, 1.54) is 83.1 Å². The fraction of sp³-hybridized carbons (Fsp3) is 0.750. The van der Waals surface area contributed by atoms with Crippen molar-refractivity contribution >= 4 is 105 Å². The average molecular weight is 1050 g/mol. The highest BCUT2D eigenvalue weighted by atomic mass is 33.1. The van der Waals surface area contributed by atoms with Gasteiger partial charge in [-0.15, -0.1) is 0 Å². The van der Waals surface area contributed by atoms with Crippen LogP contribution in [0.5, 0.6) is 0 Å². The molecule has 0 bridgehead atoms. The largest absolute Gasteiger partial charge is 0.480 e. The van der Waals surface area contributed by atoms with E-state index >= 15 is 0 Å². The van der Waals surface area contributed by atoms with E-state index in [-0.39, 0.29) is 36.1 Å². The molecule has 0 rings (SSSR count). The Morgan fingerprint density at radius 2 is 0.824 bits per heavy atom. The number of carboxylic acids is 2. The Morgan fingerprint density at radius 1 is 0.515 bits per heavy atom. The first-order valence-electron chi connectivity index (χ1n) is 21.0. The summed E-state index contributed by atoms with van der Waals surface area (Å²) in [5.41, 5.74) is -1.84. The average Bonchev–Trinajstić information content (AvgIpc) is 3.23. The van der Waals surface area contributed by atoms with E-state index in [1.807, 2.05) is 0 Å². The topological polar surface area (TPSA) is 315 Å². The standard InChI is InChI=1S/C40H72N10O14S4/c1-39(2,3)63-37(61)45-23(31(55)43-15-29(51)52)17-47(9)35(59)27(21-65-13)49(11)33(57)25(41-7)19-67-68-20-26(42-8)34(58)50(12)28(22-66-14)36(60)48(10)18-24(32(56)44-16-30(53)54)46-38(62)64-40(4,5)6/h23-28,41-42H,15-22H2,1-14H3,(H,43,55)(H,44,56)(H,45,61)(H,46,62)(H,51,52)(H,53,54)/t23-,24-,25+,26+,27+,28+/m1/s1. The first kappa shape index (κ1) is 63.6. The molecule has 0 saturated heterocycles. The lowest BCUT2D eigenvalue weighted by molar-refractivity contribution is -0.144. The van der Waals surface area contributed by atoms with Gasteiger partial charge in [-0.25, -0.2) is 9.59 Å². The van der Waals surface area contributed by atoms with Crippen LogP contribution in [0.15, 0.2) is 0 Å². The molecule has 0 aromatic carbocycles. The maximum Gasteiger partial charge on any atom is 0.408 e. The summed E-state index contributed by atoms with van der Waals surface area (Å²) in [7, 11) is 11.4. The van der Waals surface area contributed by atoms with Gasteiger partial charge in [-0.05, 0) is 68.1 Å². The zero-order chi connectivity index (χ0) is 52.7. The van der Waals surface area contributed by atoms with Crippen molar-refractivity contribution in [2.45, 2.75) is 89.0 Å². The minimum absolute atomic E-state index is 0.167. The highest BCUT2D eigenvalue weighted by molar-refractivity contribution is 8.76. The number of nitrogens with zero attached hydrogens (tertiary/aromatic N) is 4. The molecule has 0 aliphatic carbocycles. The third kappa shape index (κ3) is 24.3. The monoisotopic (exact) mass is 1040 g/mol. The van der Waals surface area contributed by atoms with Crippen molar-refractivity contribution in [3.8, 4) is 0 Å². The lowest BCUT2D eigenvalue weighted by Crippen LogP contribution is -2.58. The second kappa shape index (κ2) is 31.0. The van der Waals surface area contributed by atoms with Gasteiger partial charge in [0.05, 0.1) is 12.1 Å². The highest BCUT2D eigenvalue weighted by Crippen LogP contribution is 2.25. The Morgan fingerprint density at radius 3 is 1.07 bits per heavy atom. The van der Waals surface area contributed by atoms with Crippen molar-refractivity contribution in [3.05, 3.63) is 0 Å². The van der Waals surface area contributed by atoms with Crippen LogP contribution in [0.4, 0.5) is 9.59 Å². The predicted octanol–water partition coefficient (Wildman–Crippen LogP) is -0.971. The fourth-order valence-corrected chi connectivity index (χ4v) is 9.54. The van der Waals surface area contributed by atoms with Gasteiger partial charge in [-0.3, -0.25) is 38.4 Å². The number of alkyl carbamates (subject to hydrolysis) is 2. The smallest absolute Gasteiger partial charge is 0.408 e. The number of carbonyl (C=O) groups excluding carboxylic acids is 8. The van der Waals surface area contributed by atoms with Crippen LogP contribution < -0.4 is 31.9 Å². The number of amides is 8. The van der Waals surface area contributed by atoms with Crippen LogP contribution in [0.3, 0.4) is 0 Å². The van der Waals surface area contributed by atoms with Crippen molar-refractivity contribution in [2.75, 3.05) is 104 Å². The molecule has 0 aliphatic rings. The number of aliphatic carboxylic acids is 2. The molecule has 8 amide bonds. The molecule has 8 N–H and O–H groups in total. The minimum Gasteiger partial charge on any atom is -0.480 e. The molecule has 0 spiro atoms. The van der Waals surface area contributed by atoms with Crippen LogP contribution in [0.1, 0.15) is 41.5 Å². The van der Waals surface area contributed by atoms with Crippen molar-refractivity contribution in [3.63, 3.8) is 0 Å². The first-order chi connectivity index (χ1) is 31.4. The van der Waals surface area contributed by atoms with Crippen molar-refractivity contribution in [2.24, 2.45) is 0 Å².